The molecule has 0 aliphatic carbocycles. The number of benzene rings is 1. The van der Waals surface area contributed by atoms with Gasteiger partial charge >= 0.3 is 0 Å². The molecule has 1 aromatic rings. The average molecular weight is 274 g/mol. The van der Waals surface area contributed by atoms with Crippen molar-refractivity contribution in [1.29, 1.82) is 0 Å². The lowest BCUT2D eigenvalue weighted by molar-refractivity contribution is -0.142. The van der Waals surface area contributed by atoms with Gasteiger partial charge in [0.1, 0.15) is 5.54 Å². The number of nitrogens with two attached hydrogens (primary N) is 1. The van der Waals surface area contributed by atoms with E-state index in [0.717, 1.165) is 12.1 Å². The monoisotopic (exact) mass is 274 g/mol. The average Bonchev–Trinajstić information content (AvgIpc) is 2.43. The fourth-order valence-electron chi connectivity index (χ4n) is 3.19. The second-order valence-electron chi connectivity index (χ2n) is 6.58. The summed E-state index contributed by atoms with van der Waals surface area (Å²) in [7, 11) is 0. The van der Waals surface area contributed by atoms with Crippen LogP contribution in [0, 0.1) is 11.8 Å². The van der Waals surface area contributed by atoms with Gasteiger partial charge in [-0.2, -0.15) is 0 Å². The summed E-state index contributed by atoms with van der Waals surface area (Å²) < 4.78 is 0. The van der Waals surface area contributed by atoms with Crippen LogP contribution in [0.5, 0.6) is 0 Å². The van der Waals surface area contributed by atoms with Gasteiger partial charge < -0.3 is 10.6 Å². The smallest absolute Gasteiger partial charge is 0.247 e. The van der Waals surface area contributed by atoms with Crippen molar-refractivity contribution in [2.24, 2.45) is 17.6 Å². The highest BCUT2D eigenvalue weighted by molar-refractivity contribution is 5.87. The zero-order chi connectivity index (χ0) is 14.9. The third kappa shape index (κ3) is 2.73. The Kier molecular flexibility index (Phi) is 4.19. The van der Waals surface area contributed by atoms with Crippen molar-refractivity contribution in [3.8, 4) is 0 Å². The number of hydrogen-bond acceptors (Lipinski definition) is 2. The normalized spacial score (nSPS) is 29.9. The van der Waals surface area contributed by atoms with Crippen LogP contribution in [0.3, 0.4) is 0 Å². The number of hydrogen-bond donors (Lipinski definition) is 1. The summed E-state index contributed by atoms with van der Waals surface area (Å²) in [6.07, 6.45) is 1.18. The molecule has 0 aromatic heterocycles. The van der Waals surface area contributed by atoms with Gasteiger partial charge in [0.25, 0.3) is 0 Å². The summed E-state index contributed by atoms with van der Waals surface area (Å²) in [5, 5.41) is 0. The zero-order valence-corrected chi connectivity index (χ0v) is 13.0. The highest BCUT2D eigenvalue weighted by Gasteiger charge is 2.40. The van der Waals surface area contributed by atoms with Crippen LogP contribution in [0.15, 0.2) is 30.3 Å². The van der Waals surface area contributed by atoms with E-state index in [-0.39, 0.29) is 11.9 Å². The van der Waals surface area contributed by atoms with Gasteiger partial charge in [0.2, 0.25) is 5.91 Å². The van der Waals surface area contributed by atoms with Gasteiger partial charge in [-0.1, -0.05) is 44.2 Å². The Hall–Kier alpha value is -1.35. The molecule has 4 atom stereocenters. The van der Waals surface area contributed by atoms with Crippen molar-refractivity contribution >= 4 is 5.91 Å². The van der Waals surface area contributed by atoms with Crippen molar-refractivity contribution in [3.05, 3.63) is 35.9 Å². The Balaban J connectivity index is 2.25. The molecule has 0 spiro atoms. The van der Waals surface area contributed by atoms with Crippen LogP contribution in [-0.2, 0) is 10.3 Å². The maximum absolute atomic E-state index is 12.9. The van der Waals surface area contributed by atoms with E-state index in [1.165, 1.54) is 6.42 Å². The minimum absolute atomic E-state index is 0.0367. The molecule has 2 rings (SSSR count). The maximum atomic E-state index is 12.9. The molecule has 1 fully saturated rings. The van der Waals surface area contributed by atoms with Gasteiger partial charge in [-0.3, -0.25) is 4.79 Å². The molecular weight excluding hydrogens is 248 g/mol. The number of amides is 1. The van der Waals surface area contributed by atoms with E-state index < -0.39 is 5.54 Å². The highest BCUT2D eigenvalue weighted by atomic mass is 16.2. The Labute approximate surface area is 122 Å². The highest BCUT2D eigenvalue weighted by Crippen LogP contribution is 2.30. The molecule has 0 bridgehead atoms. The lowest BCUT2D eigenvalue weighted by Gasteiger charge is -2.44. The molecule has 3 nitrogen and oxygen atoms in total. The molecule has 4 unspecified atom stereocenters. The number of nitrogens with zero attached hydrogens (tertiary/aromatic N) is 1. The SMILES string of the molecule is CC1CC(C)C(C)N(C(=O)C(C)(N)c2ccccc2)C1. The Morgan fingerprint density at radius 2 is 1.85 bits per heavy atom. The molecule has 1 saturated heterocycles. The van der Waals surface area contributed by atoms with E-state index in [2.05, 4.69) is 20.8 Å². The first-order valence-corrected chi connectivity index (χ1v) is 7.49. The van der Waals surface area contributed by atoms with Crippen molar-refractivity contribution in [2.45, 2.75) is 45.7 Å². The Bertz CT molecular complexity index is 469. The summed E-state index contributed by atoms with van der Waals surface area (Å²) in [5.41, 5.74) is 6.30. The third-order valence-electron chi connectivity index (χ3n) is 4.68. The minimum Gasteiger partial charge on any atom is -0.338 e. The molecule has 1 aliphatic rings. The number of rotatable bonds is 2. The molecule has 110 valence electrons. The first-order chi connectivity index (χ1) is 9.34. The first-order valence-electron chi connectivity index (χ1n) is 7.49. The van der Waals surface area contributed by atoms with E-state index in [9.17, 15) is 4.79 Å². The third-order valence-corrected chi connectivity index (χ3v) is 4.68. The second-order valence-corrected chi connectivity index (χ2v) is 6.58. The minimum atomic E-state index is -0.952. The number of piperidine rings is 1. The molecular formula is C17H26N2O. The van der Waals surface area contributed by atoms with Crippen molar-refractivity contribution in [3.63, 3.8) is 0 Å². The Morgan fingerprint density at radius 1 is 1.25 bits per heavy atom. The van der Waals surface area contributed by atoms with Gasteiger partial charge in [0.15, 0.2) is 0 Å². The van der Waals surface area contributed by atoms with E-state index in [1.807, 2.05) is 42.2 Å². The molecule has 1 amide bonds. The Morgan fingerprint density at radius 3 is 2.45 bits per heavy atom. The van der Waals surface area contributed by atoms with E-state index in [0.29, 0.717) is 11.8 Å². The summed E-state index contributed by atoms with van der Waals surface area (Å²) >= 11 is 0. The molecule has 2 N–H and O–H groups in total. The standard InChI is InChI=1S/C17H26N2O/c1-12-10-13(2)14(3)19(11-12)16(20)17(4,18)15-8-6-5-7-9-15/h5-9,12-14H,10-11,18H2,1-4H3. The summed E-state index contributed by atoms with van der Waals surface area (Å²) in [5.74, 6) is 1.10. The molecule has 1 aliphatic heterocycles. The molecule has 0 saturated carbocycles. The van der Waals surface area contributed by atoms with Crippen molar-refractivity contribution in [1.82, 2.24) is 4.90 Å². The number of carbonyl (C=O) groups excluding carboxylic acids is 1. The molecule has 20 heavy (non-hydrogen) atoms. The topological polar surface area (TPSA) is 46.3 Å². The van der Waals surface area contributed by atoms with Gasteiger partial charge in [-0.15, -0.1) is 0 Å². The van der Waals surface area contributed by atoms with E-state index in [4.69, 9.17) is 5.73 Å². The van der Waals surface area contributed by atoms with Crippen LogP contribution in [0.25, 0.3) is 0 Å². The zero-order valence-electron chi connectivity index (χ0n) is 13.0. The summed E-state index contributed by atoms with van der Waals surface area (Å²) in [6, 6.07) is 9.92. The molecule has 3 heteroatoms. The van der Waals surface area contributed by atoms with Crippen LogP contribution in [0.1, 0.15) is 39.7 Å². The van der Waals surface area contributed by atoms with Crippen LogP contribution in [0.2, 0.25) is 0 Å². The lowest BCUT2D eigenvalue weighted by atomic mass is 9.83. The van der Waals surface area contributed by atoms with Crippen molar-refractivity contribution in [2.75, 3.05) is 6.54 Å². The predicted molar refractivity (Wildman–Crippen MR) is 82.1 cm³/mol. The fourth-order valence-corrected chi connectivity index (χ4v) is 3.19. The molecule has 0 radical (unpaired) electrons. The van der Waals surface area contributed by atoms with Crippen LogP contribution in [-0.4, -0.2) is 23.4 Å². The van der Waals surface area contributed by atoms with Gasteiger partial charge in [-0.05, 0) is 37.7 Å². The van der Waals surface area contributed by atoms with E-state index >= 15 is 0 Å². The van der Waals surface area contributed by atoms with Crippen LogP contribution < -0.4 is 5.73 Å². The van der Waals surface area contributed by atoms with Crippen LogP contribution >= 0.6 is 0 Å². The van der Waals surface area contributed by atoms with Gasteiger partial charge in [0, 0.05) is 12.6 Å². The predicted octanol–water partition coefficient (Wildman–Crippen LogP) is 2.75. The van der Waals surface area contributed by atoms with Gasteiger partial charge in [0.05, 0.1) is 0 Å². The number of likely N-dealkylation sites (tertiary alicyclic amines) is 1. The largest absolute Gasteiger partial charge is 0.338 e. The van der Waals surface area contributed by atoms with E-state index in [1.54, 1.807) is 0 Å². The molecule has 1 heterocycles. The maximum Gasteiger partial charge on any atom is 0.247 e. The molecule has 1 aromatic carbocycles. The van der Waals surface area contributed by atoms with Crippen molar-refractivity contribution < 1.29 is 4.79 Å². The summed E-state index contributed by atoms with van der Waals surface area (Å²) in [6.45, 7) is 9.19. The second kappa shape index (κ2) is 5.57. The first kappa shape index (κ1) is 15.0. The quantitative estimate of drug-likeness (QED) is 0.901. The van der Waals surface area contributed by atoms with Crippen LogP contribution in [0.4, 0.5) is 0 Å². The summed E-state index contributed by atoms with van der Waals surface area (Å²) in [4.78, 5) is 14.9. The fraction of sp³-hybridized carbons (Fsp3) is 0.588. The van der Waals surface area contributed by atoms with Gasteiger partial charge in [-0.25, -0.2) is 0 Å². The lowest BCUT2D eigenvalue weighted by Crippen LogP contribution is -2.57. The number of carbonyl (C=O) groups is 1.